The fourth-order valence-electron chi connectivity index (χ4n) is 4.45. The van der Waals surface area contributed by atoms with Crippen molar-refractivity contribution >= 4 is 37.9 Å². The molecule has 0 radical (unpaired) electrons. The normalized spacial score (nSPS) is 15.7. The standard InChI is InChI=1S/C30H46Cl2O4P2/c1-18(21-14-19(27(2,3)4)16-23(29(8,9)10)25(21)35-37(31)33)22-15-20(28(5,6)7)17-24(30(11,12)13)26(22)36-38(32)34/h14-18,33-34H,1-13H3. The van der Waals surface area contributed by atoms with Crippen molar-refractivity contribution in [2.45, 2.75) is 118 Å². The largest absolute Gasteiger partial charge is 0.435 e. The van der Waals surface area contributed by atoms with E-state index in [1.807, 2.05) is 0 Å². The van der Waals surface area contributed by atoms with Gasteiger partial charge in [-0.15, -0.1) is 0 Å². The van der Waals surface area contributed by atoms with Crippen molar-refractivity contribution in [2.75, 3.05) is 0 Å². The summed E-state index contributed by atoms with van der Waals surface area (Å²) >= 11 is 12.2. The third kappa shape index (κ3) is 8.22. The molecule has 0 aromatic heterocycles. The quantitative estimate of drug-likeness (QED) is 0.323. The van der Waals surface area contributed by atoms with Gasteiger partial charge in [0.2, 0.25) is 0 Å². The lowest BCUT2D eigenvalue weighted by Gasteiger charge is -2.33. The average Bonchev–Trinajstić information content (AvgIpc) is 2.69. The van der Waals surface area contributed by atoms with Crippen molar-refractivity contribution in [2.24, 2.45) is 0 Å². The van der Waals surface area contributed by atoms with Crippen molar-refractivity contribution in [3.05, 3.63) is 57.6 Å². The molecule has 2 aromatic carbocycles. The lowest BCUT2D eigenvalue weighted by molar-refractivity contribution is 0.470. The zero-order valence-electron chi connectivity index (χ0n) is 25.2. The van der Waals surface area contributed by atoms with Crippen LogP contribution in [-0.2, 0) is 21.7 Å². The molecule has 0 aliphatic carbocycles. The average molecular weight is 604 g/mol. The number of hydrogen-bond acceptors (Lipinski definition) is 4. The van der Waals surface area contributed by atoms with Crippen molar-refractivity contribution in [1.29, 1.82) is 0 Å². The smallest absolute Gasteiger partial charge is 0.335 e. The van der Waals surface area contributed by atoms with E-state index in [4.69, 9.17) is 31.5 Å². The van der Waals surface area contributed by atoms with Crippen molar-refractivity contribution < 1.29 is 18.8 Å². The van der Waals surface area contributed by atoms with Gasteiger partial charge in [0.25, 0.3) is 0 Å². The summed E-state index contributed by atoms with van der Waals surface area (Å²) < 4.78 is 12.0. The van der Waals surface area contributed by atoms with E-state index >= 15 is 0 Å². The third-order valence-electron chi connectivity index (χ3n) is 6.85. The van der Waals surface area contributed by atoms with E-state index in [0.29, 0.717) is 11.5 Å². The van der Waals surface area contributed by atoms with Crippen molar-refractivity contribution in [3.63, 3.8) is 0 Å². The summed E-state index contributed by atoms with van der Waals surface area (Å²) in [5.74, 6) is 0.941. The predicted molar refractivity (Wildman–Crippen MR) is 166 cm³/mol. The molecule has 2 atom stereocenters. The Morgan fingerprint density at radius 1 is 0.579 bits per heavy atom. The van der Waals surface area contributed by atoms with Gasteiger partial charge in [0, 0.05) is 28.2 Å². The fourth-order valence-corrected chi connectivity index (χ4v) is 5.57. The number of hydrogen-bond donors (Lipinski definition) is 2. The van der Waals surface area contributed by atoms with Gasteiger partial charge in [0.1, 0.15) is 11.5 Å². The van der Waals surface area contributed by atoms with E-state index in [2.05, 4.69) is 114 Å². The van der Waals surface area contributed by atoms with Crippen LogP contribution in [0.15, 0.2) is 24.3 Å². The van der Waals surface area contributed by atoms with Gasteiger partial charge in [-0.1, -0.05) is 114 Å². The molecule has 2 aromatic rings. The Bertz CT molecular complexity index is 1050. The molecule has 0 saturated heterocycles. The van der Waals surface area contributed by atoms with Gasteiger partial charge in [-0.2, -0.15) is 0 Å². The summed E-state index contributed by atoms with van der Waals surface area (Å²) in [5, 5.41) is 0. The first kappa shape index (κ1) is 33.6. The molecular weight excluding hydrogens is 557 g/mol. The Balaban J connectivity index is 3.09. The maximum atomic E-state index is 10.2. The molecule has 2 N–H and O–H groups in total. The highest BCUT2D eigenvalue weighted by Gasteiger charge is 2.33. The first-order valence-corrected chi connectivity index (χ1v) is 17.2. The molecule has 0 amide bonds. The topological polar surface area (TPSA) is 58.9 Å². The minimum atomic E-state index is -2.18. The van der Waals surface area contributed by atoms with Crippen LogP contribution in [0.5, 0.6) is 11.5 Å². The maximum absolute atomic E-state index is 10.2. The molecule has 214 valence electrons. The molecule has 0 saturated carbocycles. The summed E-state index contributed by atoms with van der Waals surface area (Å²) in [7, 11) is -4.35. The summed E-state index contributed by atoms with van der Waals surface area (Å²) in [6, 6.07) is 8.63. The maximum Gasteiger partial charge on any atom is 0.335 e. The summed E-state index contributed by atoms with van der Waals surface area (Å²) in [6.07, 6.45) is 0. The van der Waals surface area contributed by atoms with E-state index in [0.717, 1.165) is 33.4 Å². The van der Waals surface area contributed by atoms with Crippen LogP contribution >= 0.6 is 37.9 Å². The van der Waals surface area contributed by atoms with Crippen LogP contribution in [0.4, 0.5) is 0 Å². The van der Waals surface area contributed by atoms with Crippen LogP contribution in [0.25, 0.3) is 0 Å². The SMILES string of the molecule is CC(c1cc(C(C)(C)C)cc(C(C)(C)C)c1OP(O)Cl)c1cc(C(C)(C)C)cc(C(C)(C)C)c1OP(O)Cl. The zero-order valence-corrected chi connectivity index (χ0v) is 28.5. The van der Waals surface area contributed by atoms with Gasteiger partial charge >= 0.3 is 15.5 Å². The predicted octanol–water partition coefficient (Wildman–Crippen LogP) is 10.7. The van der Waals surface area contributed by atoms with Gasteiger partial charge in [-0.05, 0) is 55.3 Å². The van der Waals surface area contributed by atoms with Gasteiger partial charge in [-0.25, -0.2) is 0 Å². The number of benzene rings is 2. The Morgan fingerprint density at radius 2 is 0.868 bits per heavy atom. The first-order chi connectivity index (χ1) is 16.9. The molecule has 2 rings (SSSR count). The summed E-state index contributed by atoms with van der Waals surface area (Å²) in [6.45, 7) is 28.0. The minimum Gasteiger partial charge on any atom is -0.435 e. The second kappa shape index (κ2) is 11.7. The highest BCUT2D eigenvalue weighted by Crippen LogP contribution is 2.53. The van der Waals surface area contributed by atoms with Crippen molar-refractivity contribution in [3.8, 4) is 11.5 Å². The summed E-state index contributed by atoms with van der Waals surface area (Å²) in [4.78, 5) is 20.4. The lowest BCUT2D eigenvalue weighted by Crippen LogP contribution is -2.21. The summed E-state index contributed by atoms with van der Waals surface area (Å²) in [5.41, 5.74) is 5.25. The Labute approximate surface area is 242 Å². The van der Waals surface area contributed by atoms with Crippen LogP contribution < -0.4 is 9.05 Å². The van der Waals surface area contributed by atoms with E-state index in [1.165, 1.54) is 0 Å². The molecule has 0 fully saturated rings. The van der Waals surface area contributed by atoms with Gasteiger partial charge in [0.05, 0.1) is 0 Å². The second-order valence-corrected chi connectivity index (χ2v) is 17.2. The van der Waals surface area contributed by atoms with E-state index in [-0.39, 0.29) is 27.6 Å². The second-order valence-electron chi connectivity index (χ2n) is 14.2. The molecule has 0 aliphatic heterocycles. The Kier molecular flexibility index (Phi) is 10.4. The monoisotopic (exact) mass is 602 g/mol. The molecule has 0 spiro atoms. The van der Waals surface area contributed by atoms with Crippen molar-refractivity contribution in [1.82, 2.24) is 0 Å². The van der Waals surface area contributed by atoms with Crippen LogP contribution in [0.3, 0.4) is 0 Å². The van der Waals surface area contributed by atoms with Gasteiger partial charge < -0.3 is 18.8 Å². The minimum absolute atomic E-state index is 0.128. The third-order valence-corrected chi connectivity index (χ3v) is 7.93. The zero-order chi connectivity index (χ0) is 29.6. The van der Waals surface area contributed by atoms with E-state index in [9.17, 15) is 9.79 Å². The van der Waals surface area contributed by atoms with Crippen LogP contribution in [0.2, 0.25) is 0 Å². The molecule has 4 nitrogen and oxygen atoms in total. The molecule has 8 heteroatoms. The van der Waals surface area contributed by atoms with Crippen LogP contribution in [0.1, 0.15) is 129 Å². The Hall–Kier alpha value is -0.600. The molecular formula is C30H46Cl2O4P2. The molecule has 0 heterocycles. The first-order valence-electron chi connectivity index (χ1n) is 13.0. The van der Waals surface area contributed by atoms with Gasteiger partial charge in [-0.3, -0.25) is 0 Å². The highest BCUT2D eigenvalue weighted by atomic mass is 35.7. The van der Waals surface area contributed by atoms with E-state index in [1.54, 1.807) is 0 Å². The molecule has 0 aliphatic rings. The number of halogens is 2. The molecule has 38 heavy (non-hydrogen) atoms. The highest BCUT2D eigenvalue weighted by molar-refractivity contribution is 7.75. The molecule has 0 bridgehead atoms. The number of rotatable bonds is 6. The lowest BCUT2D eigenvalue weighted by atomic mass is 9.74. The van der Waals surface area contributed by atoms with E-state index < -0.39 is 15.5 Å². The van der Waals surface area contributed by atoms with Crippen LogP contribution in [0, 0.1) is 0 Å². The van der Waals surface area contributed by atoms with Crippen LogP contribution in [-0.4, -0.2) is 9.79 Å². The Morgan fingerprint density at radius 3 is 1.08 bits per heavy atom. The van der Waals surface area contributed by atoms with Gasteiger partial charge in [0.15, 0.2) is 0 Å². The molecule has 2 unspecified atom stereocenters. The fraction of sp³-hybridized carbons (Fsp3) is 0.600.